The average Bonchev–Trinajstić information content (AvgIpc) is 1.73. The number of hydrogen-bond acceptors (Lipinski definition) is 7. The Bertz CT molecular complexity index is 2660. The van der Waals surface area contributed by atoms with Gasteiger partial charge < -0.3 is 33.9 Å². The molecule has 1 aliphatic carbocycles. The van der Waals surface area contributed by atoms with Gasteiger partial charge in [-0.15, -0.1) is 0 Å². The highest BCUT2D eigenvalue weighted by atomic mass is 19.4. The molecule has 0 unspecified atom stereocenters. The van der Waals surface area contributed by atoms with Crippen LogP contribution in [0.5, 0.6) is 5.75 Å². The molecule has 99 heavy (non-hydrogen) atoms. The van der Waals surface area contributed by atoms with Gasteiger partial charge in [-0.1, -0.05) is 271 Å². The molecular formula is C87H133F3O9. The molecule has 2 N–H and O–H groups in total. The number of unbranched alkanes of at least 4 members (excludes halogenated alkanes) is 9. The number of allylic oxidation sites excluding steroid dienone is 14. The van der Waals surface area contributed by atoms with Crippen LogP contribution in [0.1, 0.15) is 266 Å². The first kappa shape index (κ1) is 91.0. The zero-order valence-corrected chi connectivity index (χ0v) is 58.7. The molecule has 1 saturated carbocycles. The molecule has 0 spiro atoms. The largest absolute Gasteiger partial charge is 0.490 e. The summed E-state index contributed by atoms with van der Waals surface area (Å²) in [5.74, 6) is -0.435. The second kappa shape index (κ2) is 59.6. The van der Waals surface area contributed by atoms with E-state index in [-0.39, 0.29) is 59.7 Å². The summed E-state index contributed by atoms with van der Waals surface area (Å²) in [5, 5.41) is 17.1. The van der Waals surface area contributed by atoms with E-state index in [1.807, 2.05) is 18.2 Å². The van der Waals surface area contributed by atoms with Gasteiger partial charge in [-0.3, -0.25) is 9.59 Å². The summed E-state index contributed by atoms with van der Waals surface area (Å²) in [6.45, 7) is 6.91. The van der Waals surface area contributed by atoms with Gasteiger partial charge in [0.15, 0.2) is 0 Å². The van der Waals surface area contributed by atoms with E-state index in [0.29, 0.717) is 43.0 Å². The van der Waals surface area contributed by atoms with Gasteiger partial charge in [0.1, 0.15) is 12.4 Å². The molecule has 556 valence electrons. The lowest BCUT2D eigenvalue weighted by Gasteiger charge is -2.17. The van der Waals surface area contributed by atoms with E-state index >= 15 is 0 Å². The summed E-state index contributed by atoms with van der Waals surface area (Å²) in [4.78, 5) is 20.7. The van der Waals surface area contributed by atoms with Gasteiger partial charge in [-0.2, -0.15) is 13.2 Å². The molecule has 0 bridgehead atoms. The van der Waals surface area contributed by atoms with Crippen LogP contribution in [0.4, 0.5) is 13.2 Å². The molecule has 0 radical (unpaired) electrons. The molecule has 8 atom stereocenters. The fourth-order valence-electron chi connectivity index (χ4n) is 11.0. The third-order valence-electron chi connectivity index (χ3n) is 17.2. The topological polar surface area (TPSA) is 134 Å². The maximum absolute atomic E-state index is 12.7. The third kappa shape index (κ3) is 50.9. The highest BCUT2D eigenvalue weighted by Crippen LogP contribution is 2.34. The van der Waals surface area contributed by atoms with Gasteiger partial charge in [-0.05, 0) is 177 Å². The van der Waals surface area contributed by atoms with Gasteiger partial charge in [0.05, 0.1) is 54.4 Å². The standard InChI is InChI=1S/C23H27F3O4.C21H34O.C20H32O3.C20H28O.3CH4/c24-23(25,26)18-11-10-12-19(17-18)29-16-9-8-14-21-20(30-21)13-6-4-2-1-3-5-7-15-22(27)28;1-2-3-4-5-6-7-8-12-17-20-21(22-20)18-13-16-19-14-10-9-11-15-19;1-2-3-4-5-9-12-15-18-19(23-18)16-13-10-7-6-8-11-14-17-20(21)22;1-2-3-4-5-6-7-8-12-15-19-20(21-19)17-16-18-13-10-9-11-14-18;;;/h1,3-4,6,8-12,17,20-21H,2,5,7,13-16H2,(H,27,28);5-6,8,12-13,16,19-21H,2-4,7,9-11,14-15,17-18H2,1H3;6,8-10,12-13,18-19H,2-5,7,11,14-17H2,1H3,(H,21,22);5-6,8-14,19-20H,2-4,7,15-17H2,1H3;3*1H4/b3-1-,6-4-,9-8-;6-5-,12-8-,16-13-;8-6-,12-9-,13-10-;6-5-,12-8-;;;/t2*20-,21+;18-,19+;19-,20+;;;/m1101.../s1. The van der Waals surface area contributed by atoms with Crippen LogP contribution in [-0.4, -0.2) is 77.6 Å². The Hall–Kier alpha value is -6.05. The molecule has 4 aliphatic heterocycles. The Kier molecular flexibility index (Phi) is 54.8. The van der Waals surface area contributed by atoms with Gasteiger partial charge in [0, 0.05) is 12.8 Å². The van der Waals surface area contributed by atoms with Crippen molar-refractivity contribution in [1.82, 2.24) is 0 Å². The smallest absolute Gasteiger partial charge is 0.416 e. The summed E-state index contributed by atoms with van der Waals surface area (Å²) in [6, 6.07) is 15.5. The van der Waals surface area contributed by atoms with Crippen LogP contribution in [0.3, 0.4) is 0 Å². The van der Waals surface area contributed by atoms with Crippen molar-refractivity contribution in [3.8, 4) is 5.75 Å². The lowest BCUT2D eigenvalue weighted by atomic mass is 9.89. The van der Waals surface area contributed by atoms with Crippen LogP contribution >= 0.6 is 0 Å². The van der Waals surface area contributed by atoms with Crippen molar-refractivity contribution in [2.75, 3.05) is 6.61 Å². The molecule has 5 aliphatic rings. The molecule has 4 saturated heterocycles. The Morgan fingerprint density at radius 3 is 1.27 bits per heavy atom. The van der Waals surface area contributed by atoms with E-state index < -0.39 is 23.7 Å². The predicted octanol–water partition coefficient (Wildman–Crippen LogP) is 25.1. The number of ether oxygens (including phenoxy) is 5. The first-order valence-electron chi connectivity index (χ1n) is 37.0. The van der Waals surface area contributed by atoms with Crippen molar-refractivity contribution in [1.29, 1.82) is 0 Å². The van der Waals surface area contributed by atoms with Crippen molar-refractivity contribution in [2.24, 2.45) is 5.92 Å². The molecule has 5 fully saturated rings. The number of alkyl halides is 3. The first-order valence-corrected chi connectivity index (χ1v) is 37.0. The van der Waals surface area contributed by atoms with E-state index in [0.717, 1.165) is 121 Å². The van der Waals surface area contributed by atoms with Crippen LogP contribution in [0.2, 0.25) is 0 Å². The lowest BCUT2D eigenvalue weighted by molar-refractivity contribution is -0.138. The van der Waals surface area contributed by atoms with E-state index in [4.69, 9.17) is 33.9 Å². The normalized spacial score (nSPS) is 21.1. The maximum atomic E-state index is 12.7. The van der Waals surface area contributed by atoms with Crippen molar-refractivity contribution in [2.45, 2.75) is 316 Å². The highest BCUT2D eigenvalue weighted by molar-refractivity contribution is 5.66. The number of halogens is 3. The number of carboxylic acids is 2. The van der Waals surface area contributed by atoms with Gasteiger partial charge in [0.25, 0.3) is 0 Å². The predicted molar refractivity (Wildman–Crippen MR) is 411 cm³/mol. The number of carbonyl (C=O) groups is 2. The number of aryl methyl sites for hydroxylation is 1. The van der Waals surface area contributed by atoms with Crippen molar-refractivity contribution >= 4 is 11.9 Å². The Morgan fingerprint density at radius 1 is 0.444 bits per heavy atom. The summed E-state index contributed by atoms with van der Waals surface area (Å²) in [5.41, 5.74) is 0.694. The molecule has 0 aromatic heterocycles. The molecular weight excluding hydrogens is 1250 g/mol. The molecule has 2 aromatic carbocycles. The molecule has 9 nitrogen and oxygen atoms in total. The van der Waals surface area contributed by atoms with Crippen molar-refractivity contribution in [3.05, 3.63) is 199 Å². The first-order chi connectivity index (χ1) is 46.9. The fourth-order valence-corrected chi connectivity index (χ4v) is 11.0. The van der Waals surface area contributed by atoms with Crippen molar-refractivity contribution in [3.63, 3.8) is 0 Å². The second-order valence-corrected chi connectivity index (χ2v) is 25.7. The number of aliphatic carboxylic acids is 2. The molecule has 7 rings (SSSR count). The second-order valence-electron chi connectivity index (χ2n) is 25.7. The number of carboxylic acid groups (broad SMARTS) is 2. The Labute approximate surface area is 599 Å². The maximum Gasteiger partial charge on any atom is 0.416 e. The average molecular weight is 1380 g/mol. The zero-order chi connectivity index (χ0) is 68.8. The minimum atomic E-state index is -4.37. The quantitative estimate of drug-likeness (QED) is 0.0377. The number of benzene rings is 2. The summed E-state index contributed by atoms with van der Waals surface area (Å²) < 4.78 is 66.0. The molecule has 2 aromatic rings. The SMILES string of the molecule is C.C.C.CCCC/C=C\C/C=C\C[C@H]1O[C@H]1C/C=C\C1CCCCC1.CCCC/C=C\C/C=C\C[C@H]1O[C@H]1CCc1ccccc1.CCCCC/C=C\C[C@@H]1O[C@@H]1C/C=C\C/C=C\CCCC(=O)O.O=C(O)CCC/C=C\C/C=C\C[C@H]1O[C@H]1C/C=C\COc1cccc(C(F)(F)F)c1. The highest BCUT2D eigenvalue weighted by Gasteiger charge is 2.38. The monoisotopic (exact) mass is 1380 g/mol. The van der Waals surface area contributed by atoms with Gasteiger partial charge in [0.2, 0.25) is 0 Å². The van der Waals surface area contributed by atoms with Gasteiger partial charge >= 0.3 is 18.1 Å². The van der Waals surface area contributed by atoms with E-state index in [9.17, 15) is 22.8 Å². The third-order valence-corrected chi connectivity index (χ3v) is 17.2. The summed E-state index contributed by atoms with van der Waals surface area (Å²) in [6.07, 6.45) is 83.1. The summed E-state index contributed by atoms with van der Waals surface area (Å²) >= 11 is 0. The Morgan fingerprint density at radius 2 is 0.828 bits per heavy atom. The van der Waals surface area contributed by atoms with Crippen LogP contribution in [-0.2, 0) is 41.1 Å². The molecule has 12 heteroatoms. The summed E-state index contributed by atoms with van der Waals surface area (Å²) in [7, 11) is 0. The van der Waals surface area contributed by atoms with Crippen LogP contribution in [0, 0.1) is 5.92 Å². The minimum Gasteiger partial charge on any atom is -0.490 e. The molecule has 4 heterocycles. The number of hydrogen-bond donors (Lipinski definition) is 2. The van der Waals surface area contributed by atoms with Crippen LogP contribution in [0.25, 0.3) is 0 Å². The fraction of sp³-hybridized carbons (Fsp3) is 0.586. The number of rotatable bonds is 47. The van der Waals surface area contributed by atoms with E-state index in [1.54, 1.807) is 6.08 Å². The molecule has 0 amide bonds. The van der Waals surface area contributed by atoms with Gasteiger partial charge in [-0.25, -0.2) is 0 Å². The minimum absolute atomic E-state index is 0. The Balaban J connectivity index is 0.000000660. The van der Waals surface area contributed by atoms with Crippen LogP contribution < -0.4 is 4.74 Å². The van der Waals surface area contributed by atoms with Crippen LogP contribution in [0.15, 0.2) is 188 Å². The lowest BCUT2D eigenvalue weighted by Crippen LogP contribution is -2.05. The zero-order valence-electron chi connectivity index (χ0n) is 58.7. The van der Waals surface area contributed by atoms with E-state index in [2.05, 4.69) is 160 Å². The number of epoxide rings is 4. The van der Waals surface area contributed by atoms with E-state index in [1.165, 1.54) is 114 Å². The van der Waals surface area contributed by atoms with Crippen molar-refractivity contribution < 1.29 is 56.7 Å².